The first kappa shape index (κ1) is 18.7. The summed E-state index contributed by atoms with van der Waals surface area (Å²) in [4.78, 5) is 0. The third-order valence-corrected chi connectivity index (χ3v) is 8.38. The Morgan fingerprint density at radius 2 is 1.67 bits per heavy atom. The average Bonchev–Trinajstić information content (AvgIpc) is 2.59. The van der Waals surface area contributed by atoms with Crippen LogP contribution in [0, 0.1) is 11.7 Å². The fourth-order valence-electron chi connectivity index (χ4n) is 3.60. The number of allylic oxidation sites excluding steroid dienone is 1. The van der Waals surface area contributed by atoms with Crippen LogP contribution in [-0.4, -0.2) is 8.07 Å². The molecule has 0 heterocycles. The molecule has 0 radical (unpaired) electrons. The smallest absolute Gasteiger partial charge is 0.123 e. The van der Waals surface area contributed by atoms with Gasteiger partial charge in [0.1, 0.15) is 5.82 Å². The summed E-state index contributed by atoms with van der Waals surface area (Å²) in [5.41, 5.74) is 1.24. The van der Waals surface area contributed by atoms with Crippen LogP contribution in [0.4, 0.5) is 4.39 Å². The molecule has 0 aliphatic heterocycles. The monoisotopic (exact) mass is 340 g/mol. The van der Waals surface area contributed by atoms with Gasteiger partial charge in [-0.15, -0.1) is 6.58 Å². The van der Waals surface area contributed by atoms with Crippen molar-refractivity contribution in [3.05, 3.63) is 78.6 Å². The van der Waals surface area contributed by atoms with Crippen LogP contribution in [0.25, 0.3) is 0 Å². The topological polar surface area (TPSA) is 0 Å². The highest BCUT2D eigenvalue weighted by atomic mass is 28.3. The van der Waals surface area contributed by atoms with Gasteiger partial charge in [-0.1, -0.05) is 80.2 Å². The van der Waals surface area contributed by atoms with E-state index >= 15 is 0 Å². The maximum absolute atomic E-state index is 13.4. The second kappa shape index (κ2) is 8.43. The number of rotatable bonds is 8. The predicted molar refractivity (Wildman–Crippen MR) is 106 cm³/mol. The Morgan fingerprint density at radius 3 is 2.21 bits per heavy atom. The predicted octanol–water partition coefficient (Wildman–Crippen LogP) is 6.13. The Balaban J connectivity index is 2.35. The normalized spacial score (nSPS) is 14.2. The Labute approximate surface area is 147 Å². The summed E-state index contributed by atoms with van der Waals surface area (Å²) < 4.78 is 13.4. The quantitative estimate of drug-likeness (QED) is 0.401. The molecule has 0 aliphatic carbocycles. The van der Waals surface area contributed by atoms with E-state index in [9.17, 15) is 4.39 Å². The molecule has 0 saturated heterocycles. The second-order valence-corrected chi connectivity index (χ2v) is 12.1. The van der Waals surface area contributed by atoms with Crippen molar-refractivity contribution in [2.24, 2.45) is 5.92 Å². The molecule has 2 atom stereocenters. The van der Waals surface area contributed by atoms with Gasteiger partial charge in [-0.3, -0.25) is 0 Å². The molecule has 0 amide bonds. The lowest BCUT2D eigenvalue weighted by molar-refractivity contribution is 0.493. The highest BCUT2D eigenvalue weighted by molar-refractivity contribution is 6.89. The lowest BCUT2D eigenvalue weighted by atomic mass is 9.84. The SMILES string of the molecule is C=CC(CCC)C(C[Si](C)(C)c1ccccc1)c1ccc(F)cc1. The van der Waals surface area contributed by atoms with Crippen molar-refractivity contribution in [2.45, 2.75) is 44.8 Å². The van der Waals surface area contributed by atoms with Crippen molar-refractivity contribution in [2.75, 3.05) is 0 Å². The minimum Gasteiger partial charge on any atom is -0.207 e. The Kier molecular flexibility index (Phi) is 6.56. The zero-order chi connectivity index (χ0) is 17.6. The summed E-state index contributed by atoms with van der Waals surface area (Å²) >= 11 is 0. The van der Waals surface area contributed by atoms with Crippen LogP contribution in [0.2, 0.25) is 19.1 Å². The molecule has 0 nitrogen and oxygen atoms in total. The third-order valence-electron chi connectivity index (χ3n) is 5.03. The molecule has 0 N–H and O–H groups in total. The lowest BCUT2D eigenvalue weighted by Crippen LogP contribution is -2.43. The molecular formula is C22H29FSi. The fourth-order valence-corrected chi connectivity index (χ4v) is 6.57. The van der Waals surface area contributed by atoms with Gasteiger partial charge in [0.05, 0.1) is 8.07 Å². The van der Waals surface area contributed by atoms with Crippen LogP contribution < -0.4 is 5.19 Å². The van der Waals surface area contributed by atoms with Crippen LogP contribution in [0.5, 0.6) is 0 Å². The Bertz CT molecular complexity index is 631. The van der Waals surface area contributed by atoms with E-state index in [1.54, 1.807) is 12.1 Å². The maximum atomic E-state index is 13.4. The summed E-state index contributed by atoms with van der Waals surface area (Å²) in [5.74, 6) is 0.684. The molecule has 0 bridgehead atoms. The summed E-state index contributed by atoms with van der Waals surface area (Å²) in [6.07, 6.45) is 4.37. The molecule has 0 fully saturated rings. The Morgan fingerprint density at radius 1 is 1.04 bits per heavy atom. The van der Waals surface area contributed by atoms with Crippen molar-refractivity contribution < 1.29 is 4.39 Å². The minimum absolute atomic E-state index is 0.164. The van der Waals surface area contributed by atoms with Gasteiger partial charge in [-0.05, 0) is 42.0 Å². The number of benzene rings is 2. The summed E-state index contributed by atoms with van der Waals surface area (Å²) in [5, 5.41) is 1.48. The molecule has 0 aromatic heterocycles. The van der Waals surface area contributed by atoms with Crippen molar-refractivity contribution in [3.8, 4) is 0 Å². The standard InChI is InChI=1S/C22H29FSi/c1-5-10-18(6-2)22(19-13-15-20(23)16-14-19)17-24(3,4)21-11-8-7-9-12-21/h6-9,11-16,18,22H,2,5,10,17H2,1,3-4H3. The van der Waals surface area contributed by atoms with Crippen molar-refractivity contribution in [1.29, 1.82) is 0 Å². The van der Waals surface area contributed by atoms with Gasteiger partial charge in [0.15, 0.2) is 0 Å². The zero-order valence-electron chi connectivity index (χ0n) is 15.1. The van der Waals surface area contributed by atoms with Gasteiger partial charge in [-0.2, -0.15) is 0 Å². The molecule has 0 saturated carbocycles. The fraction of sp³-hybridized carbons (Fsp3) is 0.364. The van der Waals surface area contributed by atoms with Crippen LogP contribution >= 0.6 is 0 Å². The third kappa shape index (κ3) is 4.67. The minimum atomic E-state index is -1.59. The van der Waals surface area contributed by atoms with Gasteiger partial charge >= 0.3 is 0 Å². The number of hydrogen-bond acceptors (Lipinski definition) is 0. The first-order valence-electron chi connectivity index (χ1n) is 8.91. The van der Waals surface area contributed by atoms with Crippen molar-refractivity contribution in [1.82, 2.24) is 0 Å². The Hall–Kier alpha value is -1.67. The summed E-state index contributed by atoms with van der Waals surface area (Å²) in [6.45, 7) is 11.2. The highest BCUT2D eigenvalue weighted by Gasteiger charge is 2.31. The highest BCUT2D eigenvalue weighted by Crippen LogP contribution is 2.36. The van der Waals surface area contributed by atoms with Crippen molar-refractivity contribution >= 4 is 13.3 Å². The zero-order valence-corrected chi connectivity index (χ0v) is 16.1. The van der Waals surface area contributed by atoms with Crippen LogP contribution in [0.1, 0.15) is 31.2 Å². The van der Waals surface area contributed by atoms with Crippen molar-refractivity contribution in [3.63, 3.8) is 0 Å². The summed E-state index contributed by atoms with van der Waals surface area (Å²) in [6, 6.07) is 19.1. The first-order valence-corrected chi connectivity index (χ1v) is 12.1. The van der Waals surface area contributed by atoms with E-state index in [0.29, 0.717) is 11.8 Å². The van der Waals surface area contributed by atoms with E-state index in [1.165, 1.54) is 10.8 Å². The molecular weight excluding hydrogens is 311 g/mol. The van der Waals surface area contributed by atoms with E-state index in [0.717, 1.165) is 18.9 Å². The molecule has 128 valence electrons. The lowest BCUT2D eigenvalue weighted by Gasteiger charge is -2.33. The van der Waals surface area contributed by atoms with Crippen LogP contribution in [0.15, 0.2) is 67.3 Å². The molecule has 2 unspecified atom stereocenters. The average molecular weight is 341 g/mol. The van der Waals surface area contributed by atoms with E-state index in [-0.39, 0.29) is 5.82 Å². The van der Waals surface area contributed by atoms with Gasteiger partial charge in [-0.25, -0.2) is 4.39 Å². The number of hydrogen-bond donors (Lipinski definition) is 0. The second-order valence-electron chi connectivity index (χ2n) is 7.30. The first-order chi connectivity index (χ1) is 11.5. The largest absolute Gasteiger partial charge is 0.207 e. The molecule has 0 spiro atoms. The van der Waals surface area contributed by atoms with Gasteiger partial charge in [0.25, 0.3) is 0 Å². The molecule has 2 rings (SSSR count). The van der Waals surface area contributed by atoms with Crippen LogP contribution in [0.3, 0.4) is 0 Å². The molecule has 2 aromatic carbocycles. The van der Waals surface area contributed by atoms with E-state index < -0.39 is 8.07 Å². The number of halogens is 1. The van der Waals surface area contributed by atoms with Gasteiger partial charge in [0.2, 0.25) is 0 Å². The van der Waals surface area contributed by atoms with Gasteiger partial charge < -0.3 is 0 Å². The van der Waals surface area contributed by atoms with E-state index in [1.807, 2.05) is 12.1 Å². The van der Waals surface area contributed by atoms with E-state index in [4.69, 9.17) is 0 Å². The molecule has 2 aromatic rings. The maximum Gasteiger partial charge on any atom is 0.123 e. The van der Waals surface area contributed by atoms with Gasteiger partial charge in [0, 0.05) is 0 Å². The van der Waals surface area contributed by atoms with Crippen LogP contribution in [-0.2, 0) is 0 Å². The summed E-state index contributed by atoms with van der Waals surface area (Å²) in [7, 11) is -1.59. The molecule has 2 heteroatoms. The van der Waals surface area contributed by atoms with E-state index in [2.05, 4.69) is 63.0 Å². The molecule has 24 heavy (non-hydrogen) atoms. The molecule has 0 aliphatic rings.